The number of nitrogens with zero attached hydrogens (tertiary/aromatic N) is 1. The van der Waals surface area contributed by atoms with Crippen molar-refractivity contribution in [3.8, 4) is 17.2 Å². The molecular formula is C25H33ClN2O4. The Morgan fingerprint density at radius 1 is 1.06 bits per heavy atom. The SMILES string of the molecule is COc1cc(CC(=O)N2CC3CNCC3(CCc3ccccc3)C2)cc(OC)c1OC.Cl. The fraction of sp³-hybridized carbons (Fsp3) is 0.480. The summed E-state index contributed by atoms with van der Waals surface area (Å²) in [6.07, 6.45) is 2.47. The molecule has 1 amide bonds. The number of methoxy groups -OCH3 is 3. The van der Waals surface area contributed by atoms with Crippen molar-refractivity contribution in [1.82, 2.24) is 10.2 Å². The van der Waals surface area contributed by atoms with Gasteiger partial charge < -0.3 is 24.4 Å². The minimum Gasteiger partial charge on any atom is -0.493 e. The predicted octanol–water partition coefficient (Wildman–Crippen LogP) is 3.36. The average molecular weight is 461 g/mol. The molecule has 174 valence electrons. The Morgan fingerprint density at radius 3 is 2.38 bits per heavy atom. The van der Waals surface area contributed by atoms with Crippen LogP contribution in [-0.4, -0.2) is 58.3 Å². The number of fused-ring (bicyclic) bond motifs is 1. The van der Waals surface area contributed by atoms with Crippen LogP contribution in [0, 0.1) is 11.3 Å². The smallest absolute Gasteiger partial charge is 0.227 e. The number of ether oxygens (including phenoxy) is 3. The number of rotatable bonds is 8. The zero-order valence-corrected chi connectivity index (χ0v) is 19.9. The van der Waals surface area contributed by atoms with Gasteiger partial charge in [-0.05, 0) is 42.0 Å². The lowest BCUT2D eigenvalue weighted by Crippen LogP contribution is -2.36. The molecule has 0 aromatic heterocycles. The maximum absolute atomic E-state index is 13.2. The van der Waals surface area contributed by atoms with Crippen molar-refractivity contribution < 1.29 is 19.0 Å². The highest BCUT2D eigenvalue weighted by Crippen LogP contribution is 2.43. The summed E-state index contributed by atoms with van der Waals surface area (Å²) in [6.45, 7) is 3.62. The molecule has 7 heteroatoms. The molecule has 6 nitrogen and oxygen atoms in total. The number of amides is 1. The number of nitrogens with one attached hydrogen (secondary N) is 1. The van der Waals surface area contributed by atoms with Crippen molar-refractivity contribution in [2.45, 2.75) is 19.3 Å². The van der Waals surface area contributed by atoms with Crippen LogP contribution in [-0.2, 0) is 17.6 Å². The Balaban J connectivity index is 0.00000289. The van der Waals surface area contributed by atoms with Gasteiger partial charge in [-0.3, -0.25) is 4.79 Å². The van der Waals surface area contributed by atoms with Gasteiger partial charge in [0.1, 0.15) is 0 Å². The molecule has 2 fully saturated rings. The monoisotopic (exact) mass is 460 g/mol. The molecule has 1 N–H and O–H groups in total. The van der Waals surface area contributed by atoms with Crippen molar-refractivity contribution >= 4 is 18.3 Å². The lowest BCUT2D eigenvalue weighted by atomic mass is 9.76. The first kappa shape index (κ1) is 24.2. The van der Waals surface area contributed by atoms with Crippen LogP contribution in [0.1, 0.15) is 17.5 Å². The van der Waals surface area contributed by atoms with Gasteiger partial charge in [-0.25, -0.2) is 0 Å². The van der Waals surface area contributed by atoms with Crippen LogP contribution in [0.25, 0.3) is 0 Å². The number of hydrogen-bond acceptors (Lipinski definition) is 5. The highest BCUT2D eigenvalue weighted by molar-refractivity contribution is 5.85. The molecule has 2 unspecified atom stereocenters. The van der Waals surface area contributed by atoms with Crippen LogP contribution in [0.2, 0.25) is 0 Å². The third-order valence-corrected chi connectivity index (χ3v) is 6.87. The minimum absolute atomic E-state index is 0. The number of likely N-dealkylation sites (tertiary alicyclic amines) is 1. The van der Waals surface area contributed by atoms with Gasteiger partial charge >= 0.3 is 0 Å². The number of halogens is 1. The van der Waals surface area contributed by atoms with Crippen molar-refractivity contribution in [3.05, 3.63) is 53.6 Å². The van der Waals surface area contributed by atoms with E-state index >= 15 is 0 Å². The summed E-state index contributed by atoms with van der Waals surface area (Å²) in [5, 5.41) is 3.57. The topological polar surface area (TPSA) is 60.0 Å². The van der Waals surface area contributed by atoms with E-state index in [0.717, 1.165) is 44.6 Å². The number of benzene rings is 2. The molecule has 0 saturated carbocycles. The normalized spacial score (nSPS) is 21.6. The van der Waals surface area contributed by atoms with E-state index in [9.17, 15) is 4.79 Å². The van der Waals surface area contributed by atoms with Gasteiger partial charge in [-0.2, -0.15) is 0 Å². The molecule has 2 aromatic carbocycles. The lowest BCUT2D eigenvalue weighted by Gasteiger charge is -2.28. The Hall–Kier alpha value is -2.44. The van der Waals surface area contributed by atoms with Crippen LogP contribution in [0.3, 0.4) is 0 Å². The fourth-order valence-electron chi connectivity index (χ4n) is 5.13. The molecule has 2 saturated heterocycles. The zero-order chi connectivity index (χ0) is 21.8. The van der Waals surface area contributed by atoms with Gasteiger partial charge in [0.25, 0.3) is 0 Å². The van der Waals surface area contributed by atoms with Crippen LogP contribution in [0.4, 0.5) is 0 Å². The number of carbonyl (C=O) groups excluding carboxylic acids is 1. The summed E-state index contributed by atoms with van der Waals surface area (Å²) in [7, 11) is 4.76. The van der Waals surface area contributed by atoms with Gasteiger partial charge in [0.2, 0.25) is 11.7 Å². The Bertz CT molecular complexity index is 898. The van der Waals surface area contributed by atoms with E-state index in [0.29, 0.717) is 29.6 Å². The molecule has 0 radical (unpaired) electrons. The Morgan fingerprint density at radius 2 is 1.75 bits per heavy atom. The zero-order valence-electron chi connectivity index (χ0n) is 19.1. The Labute approximate surface area is 196 Å². The van der Waals surface area contributed by atoms with Gasteiger partial charge in [-0.15, -0.1) is 12.4 Å². The predicted molar refractivity (Wildman–Crippen MR) is 127 cm³/mol. The van der Waals surface area contributed by atoms with E-state index in [1.54, 1.807) is 21.3 Å². The molecule has 32 heavy (non-hydrogen) atoms. The molecule has 2 heterocycles. The standard InChI is InChI=1S/C25H32N2O4.ClH/c1-29-21-11-19(12-22(30-2)24(21)31-3)13-23(28)27-15-20-14-26-16-25(20,17-27)10-9-18-7-5-4-6-8-18;/h4-8,11-12,20,26H,9-10,13-17H2,1-3H3;1H. The van der Waals surface area contributed by atoms with Crippen molar-refractivity contribution in [2.24, 2.45) is 11.3 Å². The Kier molecular flexibility index (Phi) is 7.91. The van der Waals surface area contributed by atoms with Crippen LogP contribution in [0.5, 0.6) is 17.2 Å². The van der Waals surface area contributed by atoms with Crippen molar-refractivity contribution in [1.29, 1.82) is 0 Å². The summed E-state index contributed by atoms with van der Waals surface area (Å²) >= 11 is 0. The van der Waals surface area contributed by atoms with E-state index in [-0.39, 0.29) is 23.7 Å². The van der Waals surface area contributed by atoms with Crippen LogP contribution >= 0.6 is 12.4 Å². The molecule has 4 rings (SSSR count). The van der Waals surface area contributed by atoms with Crippen LogP contribution in [0.15, 0.2) is 42.5 Å². The van der Waals surface area contributed by atoms with E-state index in [2.05, 4.69) is 40.5 Å². The molecule has 0 bridgehead atoms. The van der Waals surface area contributed by atoms with Crippen molar-refractivity contribution in [3.63, 3.8) is 0 Å². The van der Waals surface area contributed by atoms with Crippen molar-refractivity contribution in [2.75, 3.05) is 47.5 Å². The molecule has 0 spiro atoms. The largest absolute Gasteiger partial charge is 0.493 e. The van der Waals surface area contributed by atoms with E-state index in [4.69, 9.17) is 14.2 Å². The first-order chi connectivity index (χ1) is 15.1. The summed E-state index contributed by atoms with van der Waals surface area (Å²) < 4.78 is 16.3. The van der Waals surface area contributed by atoms with E-state index in [1.807, 2.05) is 12.1 Å². The maximum Gasteiger partial charge on any atom is 0.227 e. The molecule has 2 atom stereocenters. The second-order valence-corrected chi connectivity index (χ2v) is 8.66. The van der Waals surface area contributed by atoms with Crippen LogP contribution < -0.4 is 19.5 Å². The first-order valence-corrected chi connectivity index (χ1v) is 10.9. The highest BCUT2D eigenvalue weighted by atomic mass is 35.5. The average Bonchev–Trinajstić information content (AvgIpc) is 3.35. The quantitative estimate of drug-likeness (QED) is 0.654. The van der Waals surface area contributed by atoms with Gasteiger partial charge in [0, 0.05) is 31.6 Å². The minimum atomic E-state index is 0. The lowest BCUT2D eigenvalue weighted by molar-refractivity contribution is -0.130. The third-order valence-electron chi connectivity index (χ3n) is 6.87. The molecule has 2 aromatic rings. The molecular weight excluding hydrogens is 428 g/mol. The summed E-state index contributed by atoms with van der Waals surface area (Å²) in [6, 6.07) is 14.4. The van der Waals surface area contributed by atoms with Gasteiger partial charge in [0.15, 0.2) is 11.5 Å². The van der Waals surface area contributed by atoms with Gasteiger partial charge in [-0.1, -0.05) is 30.3 Å². The van der Waals surface area contributed by atoms with E-state index in [1.165, 1.54) is 5.56 Å². The number of carbonyl (C=O) groups is 1. The number of hydrogen-bond donors (Lipinski definition) is 1. The summed E-state index contributed by atoms with van der Waals surface area (Å²) in [5.74, 6) is 2.36. The molecule has 2 aliphatic rings. The molecule has 0 aliphatic carbocycles. The highest BCUT2D eigenvalue weighted by Gasteiger charge is 2.50. The van der Waals surface area contributed by atoms with E-state index < -0.39 is 0 Å². The first-order valence-electron chi connectivity index (χ1n) is 10.9. The van der Waals surface area contributed by atoms with Gasteiger partial charge in [0.05, 0.1) is 27.8 Å². The second kappa shape index (κ2) is 10.5. The number of aryl methyl sites for hydroxylation is 1. The second-order valence-electron chi connectivity index (χ2n) is 8.66. The summed E-state index contributed by atoms with van der Waals surface area (Å²) in [5.41, 5.74) is 2.40. The fourth-order valence-corrected chi connectivity index (χ4v) is 5.13. The maximum atomic E-state index is 13.2. The molecule has 2 aliphatic heterocycles. The summed E-state index contributed by atoms with van der Waals surface area (Å²) in [4.78, 5) is 15.3. The third kappa shape index (κ3) is 4.81.